The van der Waals surface area contributed by atoms with Crippen LogP contribution in [0.2, 0.25) is 0 Å². The molecule has 0 atom stereocenters. The molecule has 3 heteroatoms. The van der Waals surface area contributed by atoms with Gasteiger partial charge < -0.3 is 4.90 Å². The van der Waals surface area contributed by atoms with Gasteiger partial charge in [-0.15, -0.1) is 0 Å². The number of unbranched alkanes of at least 4 members (excludes halogenated alkanes) is 2. The third-order valence-electron chi connectivity index (χ3n) is 2.67. The molecule has 0 unspecified atom stereocenters. The molecule has 0 radical (unpaired) electrons. The van der Waals surface area contributed by atoms with Crippen LogP contribution >= 0.6 is 15.9 Å². The summed E-state index contributed by atoms with van der Waals surface area (Å²) in [7, 11) is 1.95. The van der Waals surface area contributed by atoms with Gasteiger partial charge in [0.05, 0.1) is 5.69 Å². The third kappa shape index (κ3) is 3.78. The first-order valence-corrected chi connectivity index (χ1v) is 6.86. The predicted molar refractivity (Wildman–Crippen MR) is 71.8 cm³/mol. The Bertz CT molecular complexity index is 328. The summed E-state index contributed by atoms with van der Waals surface area (Å²) in [6, 6.07) is 5.42. The van der Waals surface area contributed by atoms with E-state index >= 15 is 0 Å². The number of anilines is 1. The maximum Gasteiger partial charge on any atom is 0.146 e. The van der Waals surface area contributed by atoms with E-state index in [1.165, 1.54) is 12.8 Å². The lowest BCUT2D eigenvalue weighted by molar-refractivity contribution is 0.616. The minimum Gasteiger partial charge on any atom is -0.372 e. The van der Waals surface area contributed by atoms with Crippen molar-refractivity contribution in [2.45, 2.75) is 31.5 Å². The largest absolute Gasteiger partial charge is 0.372 e. The second-order valence-corrected chi connectivity index (χ2v) is 4.61. The minimum absolute atomic E-state index is 0.129. The summed E-state index contributed by atoms with van der Waals surface area (Å²) in [5.41, 5.74) is 1.67. The Balaban J connectivity index is 2.64. The van der Waals surface area contributed by atoms with Gasteiger partial charge in [-0.05, 0) is 24.1 Å². The first kappa shape index (κ1) is 13.5. The highest BCUT2D eigenvalue weighted by Gasteiger charge is 2.07. The summed E-state index contributed by atoms with van der Waals surface area (Å²) in [6.45, 7) is 3.09. The molecule has 0 aliphatic rings. The molecule has 0 amide bonds. The molecule has 0 bridgehead atoms. The van der Waals surface area contributed by atoms with Crippen molar-refractivity contribution in [2.24, 2.45) is 0 Å². The van der Waals surface area contributed by atoms with Gasteiger partial charge in [-0.3, -0.25) is 0 Å². The summed E-state index contributed by atoms with van der Waals surface area (Å²) < 4.78 is 13.7. The van der Waals surface area contributed by atoms with Gasteiger partial charge >= 0.3 is 0 Å². The number of benzene rings is 1. The normalized spacial score (nSPS) is 10.5. The summed E-state index contributed by atoms with van der Waals surface area (Å²) in [5, 5.41) is 0.698. The highest BCUT2D eigenvalue weighted by Crippen LogP contribution is 2.21. The van der Waals surface area contributed by atoms with Crippen LogP contribution in [0.1, 0.15) is 31.7 Å². The van der Waals surface area contributed by atoms with Gasteiger partial charge in [0.1, 0.15) is 5.82 Å². The topological polar surface area (TPSA) is 3.24 Å². The number of hydrogen-bond donors (Lipinski definition) is 0. The molecule has 0 heterocycles. The van der Waals surface area contributed by atoms with Crippen LogP contribution in [0.4, 0.5) is 10.1 Å². The lowest BCUT2D eigenvalue weighted by Crippen LogP contribution is -2.19. The zero-order chi connectivity index (χ0) is 12.0. The molecule has 0 aliphatic heterocycles. The Morgan fingerprint density at radius 3 is 2.62 bits per heavy atom. The van der Waals surface area contributed by atoms with Gasteiger partial charge in [0.15, 0.2) is 0 Å². The molecule has 1 rings (SSSR count). The van der Waals surface area contributed by atoms with Crippen LogP contribution in [0.15, 0.2) is 18.2 Å². The van der Waals surface area contributed by atoms with E-state index in [1.54, 1.807) is 6.07 Å². The fourth-order valence-corrected chi connectivity index (χ4v) is 2.01. The maximum atomic E-state index is 13.7. The van der Waals surface area contributed by atoms with Crippen LogP contribution in [0.5, 0.6) is 0 Å². The first-order valence-electron chi connectivity index (χ1n) is 5.74. The lowest BCUT2D eigenvalue weighted by atomic mass is 10.2. The molecule has 0 fully saturated rings. The number of rotatable bonds is 6. The van der Waals surface area contributed by atoms with Crippen molar-refractivity contribution in [3.63, 3.8) is 0 Å². The smallest absolute Gasteiger partial charge is 0.146 e. The molecule has 0 aliphatic carbocycles. The molecule has 1 aromatic carbocycles. The van der Waals surface area contributed by atoms with Gasteiger partial charge in [0.25, 0.3) is 0 Å². The SMILES string of the molecule is CCCCCN(C)c1ccc(CBr)cc1F. The summed E-state index contributed by atoms with van der Waals surface area (Å²) in [4.78, 5) is 1.99. The Hall–Kier alpha value is -0.570. The van der Waals surface area contributed by atoms with E-state index in [2.05, 4.69) is 22.9 Å². The van der Waals surface area contributed by atoms with Crippen molar-refractivity contribution in [1.29, 1.82) is 0 Å². The fraction of sp³-hybridized carbons (Fsp3) is 0.538. The Morgan fingerprint density at radius 1 is 1.31 bits per heavy atom. The highest BCUT2D eigenvalue weighted by molar-refractivity contribution is 9.08. The summed E-state index contributed by atoms with van der Waals surface area (Å²) in [6.07, 6.45) is 3.51. The van der Waals surface area contributed by atoms with E-state index in [1.807, 2.05) is 24.1 Å². The molecular formula is C13H19BrFN. The minimum atomic E-state index is -0.129. The highest BCUT2D eigenvalue weighted by atomic mass is 79.9. The summed E-state index contributed by atoms with van der Waals surface area (Å²) >= 11 is 3.32. The Labute approximate surface area is 106 Å². The monoisotopic (exact) mass is 287 g/mol. The molecule has 90 valence electrons. The number of halogens is 2. The molecule has 16 heavy (non-hydrogen) atoms. The van der Waals surface area contributed by atoms with Crippen LogP contribution in [0.3, 0.4) is 0 Å². The molecule has 0 saturated carbocycles. The van der Waals surface area contributed by atoms with Crippen LogP contribution in [-0.4, -0.2) is 13.6 Å². The number of nitrogens with zero attached hydrogens (tertiary/aromatic N) is 1. The first-order chi connectivity index (χ1) is 7.69. The van der Waals surface area contributed by atoms with E-state index in [9.17, 15) is 4.39 Å². The molecular weight excluding hydrogens is 269 g/mol. The van der Waals surface area contributed by atoms with Crippen LogP contribution in [0, 0.1) is 5.82 Å². The third-order valence-corrected chi connectivity index (χ3v) is 3.32. The van der Waals surface area contributed by atoms with E-state index in [-0.39, 0.29) is 5.82 Å². The number of hydrogen-bond acceptors (Lipinski definition) is 1. The summed E-state index contributed by atoms with van der Waals surface area (Å²) in [5.74, 6) is -0.129. The van der Waals surface area contributed by atoms with Crippen molar-refractivity contribution in [1.82, 2.24) is 0 Å². The average molecular weight is 288 g/mol. The van der Waals surface area contributed by atoms with Crippen LogP contribution in [-0.2, 0) is 5.33 Å². The van der Waals surface area contributed by atoms with Crippen molar-refractivity contribution in [2.75, 3.05) is 18.5 Å². The fourth-order valence-electron chi connectivity index (χ4n) is 1.66. The molecule has 0 spiro atoms. The maximum absolute atomic E-state index is 13.7. The standard InChI is InChI=1S/C13H19BrFN/c1-3-4-5-8-16(2)13-7-6-11(10-14)9-12(13)15/h6-7,9H,3-5,8,10H2,1-2H3. The quantitative estimate of drug-likeness (QED) is 0.555. The van der Waals surface area contributed by atoms with Crippen LogP contribution in [0.25, 0.3) is 0 Å². The molecule has 1 aromatic rings. The molecule has 0 N–H and O–H groups in total. The van der Waals surface area contributed by atoms with Crippen molar-refractivity contribution in [3.8, 4) is 0 Å². The Morgan fingerprint density at radius 2 is 2.06 bits per heavy atom. The molecule has 1 nitrogen and oxygen atoms in total. The zero-order valence-electron chi connectivity index (χ0n) is 9.97. The zero-order valence-corrected chi connectivity index (χ0v) is 11.6. The second kappa shape index (κ2) is 6.89. The van der Waals surface area contributed by atoms with Crippen LogP contribution < -0.4 is 4.90 Å². The van der Waals surface area contributed by atoms with Gasteiger partial charge in [0.2, 0.25) is 0 Å². The van der Waals surface area contributed by atoms with E-state index in [4.69, 9.17) is 0 Å². The van der Waals surface area contributed by atoms with E-state index < -0.39 is 0 Å². The lowest BCUT2D eigenvalue weighted by Gasteiger charge is -2.20. The second-order valence-electron chi connectivity index (χ2n) is 4.05. The van der Waals surface area contributed by atoms with Crippen molar-refractivity contribution in [3.05, 3.63) is 29.6 Å². The van der Waals surface area contributed by atoms with Gasteiger partial charge in [-0.2, -0.15) is 0 Å². The Kier molecular flexibility index (Phi) is 5.81. The number of alkyl halides is 1. The molecule has 0 aromatic heterocycles. The van der Waals surface area contributed by atoms with E-state index in [0.717, 1.165) is 18.5 Å². The predicted octanol–water partition coefficient (Wildman–Crippen LogP) is 4.35. The van der Waals surface area contributed by atoms with Gasteiger partial charge in [0, 0.05) is 18.9 Å². The van der Waals surface area contributed by atoms with Crippen molar-refractivity contribution < 1.29 is 4.39 Å². The molecule has 0 saturated heterocycles. The van der Waals surface area contributed by atoms with Gasteiger partial charge in [-0.25, -0.2) is 4.39 Å². The average Bonchev–Trinajstić information content (AvgIpc) is 2.29. The van der Waals surface area contributed by atoms with Crippen molar-refractivity contribution >= 4 is 21.6 Å². The van der Waals surface area contributed by atoms with Gasteiger partial charge in [-0.1, -0.05) is 41.8 Å². The van der Waals surface area contributed by atoms with E-state index in [0.29, 0.717) is 11.0 Å².